The van der Waals surface area contributed by atoms with Crippen molar-refractivity contribution in [1.82, 2.24) is 10.2 Å². The van der Waals surface area contributed by atoms with Crippen LogP contribution in [0.25, 0.3) is 0 Å². The lowest BCUT2D eigenvalue weighted by molar-refractivity contribution is 0.0794. The Labute approximate surface area is 120 Å². The average Bonchev–Trinajstić information content (AvgIpc) is 2.35. The summed E-state index contributed by atoms with van der Waals surface area (Å²) in [5.41, 5.74) is 0. The van der Waals surface area contributed by atoms with Gasteiger partial charge in [0.2, 0.25) is 0 Å². The third-order valence-electron chi connectivity index (χ3n) is 4.05. The molecule has 114 valence electrons. The predicted octanol–water partition coefficient (Wildman–Crippen LogP) is 2.76. The van der Waals surface area contributed by atoms with E-state index in [0.29, 0.717) is 12.1 Å². The average molecular weight is 270 g/mol. The van der Waals surface area contributed by atoms with Gasteiger partial charge in [0.15, 0.2) is 0 Å². The van der Waals surface area contributed by atoms with Crippen molar-refractivity contribution >= 4 is 0 Å². The first-order valence-electron chi connectivity index (χ1n) is 8.09. The van der Waals surface area contributed by atoms with Crippen molar-refractivity contribution in [2.75, 3.05) is 32.8 Å². The van der Waals surface area contributed by atoms with Gasteiger partial charge in [-0.2, -0.15) is 0 Å². The van der Waals surface area contributed by atoms with Gasteiger partial charge in [0.1, 0.15) is 0 Å². The number of ether oxygens (including phenoxy) is 1. The molecule has 0 spiro atoms. The number of nitrogens with zero attached hydrogens (tertiary/aromatic N) is 1. The summed E-state index contributed by atoms with van der Waals surface area (Å²) in [6, 6.07) is 1.35. The van der Waals surface area contributed by atoms with Crippen molar-refractivity contribution in [3.8, 4) is 0 Å². The minimum Gasteiger partial charge on any atom is -0.382 e. The molecule has 1 fully saturated rings. The van der Waals surface area contributed by atoms with Crippen molar-refractivity contribution in [2.24, 2.45) is 11.8 Å². The zero-order valence-electron chi connectivity index (χ0n) is 13.6. The van der Waals surface area contributed by atoms with Gasteiger partial charge in [-0.05, 0) is 31.6 Å². The largest absolute Gasteiger partial charge is 0.382 e. The molecule has 0 bridgehead atoms. The summed E-state index contributed by atoms with van der Waals surface area (Å²) in [5, 5.41) is 3.73. The Morgan fingerprint density at radius 1 is 1.26 bits per heavy atom. The molecule has 2 atom stereocenters. The van der Waals surface area contributed by atoms with E-state index >= 15 is 0 Å². The van der Waals surface area contributed by atoms with Crippen molar-refractivity contribution in [1.29, 1.82) is 0 Å². The van der Waals surface area contributed by atoms with Crippen LogP contribution in [0.1, 0.15) is 47.5 Å². The zero-order chi connectivity index (χ0) is 14.3. The Morgan fingerprint density at radius 2 is 2.00 bits per heavy atom. The van der Waals surface area contributed by atoms with Crippen molar-refractivity contribution in [3.05, 3.63) is 0 Å². The summed E-state index contributed by atoms with van der Waals surface area (Å²) in [4.78, 5) is 2.69. The summed E-state index contributed by atoms with van der Waals surface area (Å²) in [7, 11) is 0. The summed E-state index contributed by atoms with van der Waals surface area (Å²) in [6.45, 7) is 16.6. The molecule has 0 aliphatic carbocycles. The van der Waals surface area contributed by atoms with Crippen LogP contribution in [0.3, 0.4) is 0 Å². The molecule has 1 aliphatic heterocycles. The van der Waals surface area contributed by atoms with Crippen LogP contribution in [-0.4, -0.2) is 49.8 Å². The fourth-order valence-electron chi connectivity index (χ4n) is 2.89. The first-order valence-corrected chi connectivity index (χ1v) is 8.09. The molecule has 0 saturated carbocycles. The SMILES string of the molecule is CCOCCCN1CC(C(C)C)NCC1CC(C)C. The molecule has 1 rings (SSSR count). The van der Waals surface area contributed by atoms with Gasteiger partial charge in [0, 0.05) is 44.9 Å². The van der Waals surface area contributed by atoms with Gasteiger partial charge in [-0.25, -0.2) is 0 Å². The second-order valence-electron chi connectivity index (χ2n) is 6.59. The van der Waals surface area contributed by atoms with Crippen LogP contribution in [-0.2, 0) is 4.74 Å². The maximum Gasteiger partial charge on any atom is 0.0478 e. The first kappa shape index (κ1) is 16.9. The van der Waals surface area contributed by atoms with Crippen LogP contribution < -0.4 is 5.32 Å². The highest BCUT2D eigenvalue weighted by Crippen LogP contribution is 2.18. The van der Waals surface area contributed by atoms with Gasteiger partial charge in [0.25, 0.3) is 0 Å². The zero-order valence-corrected chi connectivity index (χ0v) is 13.6. The second kappa shape index (κ2) is 8.93. The lowest BCUT2D eigenvalue weighted by atomic mass is 9.95. The molecule has 0 amide bonds. The highest BCUT2D eigenvalue weighted by molar-refractivity contribution is 4.87. The van der Waals surface area contributed by atoms with E-state index in [1.54, 1.807) is 0 Å². The molecule has 0 radical (unpaired) electrons. The van der Waals surface area contributed by atoms with Crippen LogP contribution in [0.2, 0.25) is 0 Å². The van der Waals surface area contributed by atoms with E-state index in [1.165, 1.54) is 19.5 Å². The van der Waals surface area contributed by atoms with E-state index in [9.17, 15) is 0 Å². The number of piperazine rings is 1. The predicted molar refractivity (Wildman–Crippen MR) is 82.6 cm³/mol. The van der Waals surface area contributed by atoms with Crippen molar-refractivity contribution in [3.63, 3.8) is 0 Å². The van der Waals surface area contributed by atoms with Crippen LogP contribution in [0.4, 0.5) is 0 Å². The second-order valence-corrected chi connectivity index (χ2v) is 6.59. The molecule has 3 nitrogen and oxygen atoms in total. The molecule has 0 aromatic rings. The summed E-state index contributed by atoms with van der Waals surface area (Å²) < 4.78 is 5.47. The van der Waals surface area contributed by atoms with Crippen LogP contribution in [0.15, 0.2) is 0 Å². The quantitative estimate of drug-likeness (QED) is 0.686. The highest BCUT2D eigenvalue weighted by Gasteiger charge is 2.29. The van der Waals surface area contributed by atoms with E-state index in [4.69, 9.17) is 4.74 Å². The number of hydrogen-bond donors (Lipinski definition) is 1. The van der Waals surface area contributed by atoms with E-state index < -0.39 is 0 Å². The third-order valence-corrected chi connectivity index (χ3v) is 4.05. The molecule has 0 aromatic heterocycles. The minimum absolute atomic E-state index is 0.649. The molecule has 1 aliphatic rings. The summed E-state index contributed by atoms with van der Waals surface area (Å²) in [5.74, 6) is 1.49. The van der Waals surface area contributed by atoms with Gasteiger partial charge in [-0.15, -0.1) is 0 Å². The summed E-state index contributed by atoms with van der Waals surface area (Å²) in [6.07, 6.45) is 2.46. The minimum atomic E-state index is 0.649. The molecular weight excluding hydrogens is 236 g/mol. The van der Waals surface area contributed by atoms with Gasteiger partial charge in [-0.3, -0.25) is 4.90 Å². The van der Waals surface area contributed by atoms with E-state index in [-0.39, 0.29) is 0 Å². The Morgan fingerprint density at radius 3 is 2.58 bits per heavy atom. The molecule has 1 N–H and O–H groups in total. The lowest BCUT2D eigenvalue weighted by Crippen LogP contribution is -2.58. The van der Waals surface area contributed by atoms with E-state index in [1.807, 2.05) is 0 Å². The highest BCUT2D eigenvalue weighted by atomic mass is 16.5. The molecule has 1 saturated heterocycles. The number of hydrogen-bond acceptors (Lipinski definition) is 3. The van der Waals surface area contributed by atoms with Gasteiger partial charge < -0.3 is 10.1 Å². The number of rotatable bonds is 8. The standard InChI is InChI=1S/C16H34N2O/c1-6-19-9-7-8-18-12-16(14(4)5)17-11-15(18)10-13(2)3/h13-17H,6-12H2,1-5H3. The lowest BCUT2D eigenvalue weighted by Gasteiger charge is -2.42. The van der Waals surface area contributed by atoms with Crippen LogP contribution in [0, 0.1) is 11.8 Å². The monoisotopic (exact) mass is 270 g/mol. The molecule has 2 unspecified atom stereocenters. The van der Waals surface area contributed by atoms with E-state index in [2.05, 4.69) is 44.8 Å². The molecule has 19 heavy (non-hydrogen) atoms. The maximum absolute atomic E-state index is 5.47. The van der Waals surface area contributed by atoms with Crippen LogP contribution >= 0.6 is 0 Å². The third kappa shape index (κ3) is 6.24. The van der Waals surface area contributed by atoms with Gasteiger partial charge in [0.05, 0.1) is 0 Å². The first-order chi connectivity index (χ1) is 9.04. The molecule has 0 aromatic carbocycles. The Kier molecular flexibility index (Phi) is 7.96. The molecule has 1 heterocycles. The van der Waals surface area contributed by atoms with Gasteiger partial charge in [-0.1, -0.05) is 27.7 Å². The fourth-order valence-corrected chi connectivity index (χ4v) is 2.89. The van der Waals surface area contributed by atoms with E-state index in [0.717, 1.165) is 38.0 Å². The molecular formula is C16H34N2O. The topological polar surface area (TPSA) is 24.5 Å². The summed E-state index contributed by atoms with van der Waals surface area (Å²) >= 11 is 0. The fraction of sp³-hybridized carbons (Fsp3) is 1.00. The van der Waals surface area contributed by atoms with Crippen molar-refractivity contribution in [2.45, 2.75) is 59.5 Å². The Bertz CT molecular complexity index is 231. The van der Waals surface area contributed by atoms with Crippen molar-refractivity contribution < 1.29 is 4.74 Å². The van der Waals surface area contributed by atoms with Crippen LogP contribution in [0.5, 0.6) is 0 Å². The number of nitrogens with one attached hydrogen (secondary N) is 1. The Hall–Kier alpha value is -0.120. The smallest absolute Gasteiger partial charge is 0.0478 e. The normalized spacial score (nSPS) is 25.4. The maximum atomic E-state index is 5.47. The van der Waals surface area contributed by atoms with Gasteiger partial charge >= 0.3 is 0 Å². The Balaban J connectivity index is 2.45. The molecule has 3 heteroatoms.